The van der Waals surface area contributed by atoms with Gasteiger partial charge in [0.1, 0.15) is 18.5 Å². The van der Waals surface area contributed by atoms with Gasteiger partial charge in [0.2, 0.25) is 5.91 Å². The number of nitrogens with one attached hydrogen (secondary N) is 3. The van der Waals surface area contributed by atoms with Gasteiger partial charge in [-0.1, -0.05) is 17.7 Å². The van der Waals surface area contributed by atoms with E-state index in [0.717, 1.165) is 50.2 Å². The quantitative estimate of drug-likeness (QED) is 0.216. The first-order chi connectivity index (χ1) is 19.8. The second-order valence-electron chi connectivity index (χ2n) is 10.8. The van der Waals surface area contributed by atoms with Crippen LogP contribution in [0.25, 0.3) is 0 Å². The van der Waals surface area contributed by atoms with Crippen molar-refractivity contribution in [2.45, 2.75) is 68.9 Å². The molecule has 0 aromatic carbocycles. The van der Waals surface area contributed by atoms with Gasteiger partial charge in [-0.15, -0.1) is 0 Å². The number of carbonyl (C=O) groups excluding carboxylic acids is 1. The summed E-state index contributed by atoms with van der Waals surface area (Å²) in [5, 5.41) is 21.8. The maximum atomic E-state index is 13.5. The molecule has 4 N–H and O–H groups in total. The van der Waals surface area contributed by atoms with E-state index < -0.39 is 41.7 Å². The Balaban J connectivity index is 1.34. The lowest BCUT2D eigenvalue weighted by molar-refractivity contribution is -0.142. The van der Waals surface area contributed by atoms with Gasteiger partial charge in [0.25, 0.3) is 5.56 Å². The van der Waals surface area contributed by atoms with E-state index in [4.69, 9.17) is 21.3 Å². The maximum absolute atomic E-state index is 13.5. The molecular formula is C28H38ClFN6O5. The highest BCUT2D eigenvalue weighted by molar-refractivity contribution is 6.31. The molecular weight excluding hydrogens is 555 g/mol. The SMILES string of the molecule is CO[C@H](CF)CN(CCCCc1ccc2c(n1)NCCC2)CC[C@H](NC(=O)C1(c2c(Cl)cn[nH]c2=O)CC1)C(=O)O. The molecule has 1 saturated carbocycles. The number of carbonyl (C=O) groups is 2. The number of alkyl halides is 1. The molecule has 4 rings (SSSR count). The summed E-state index contributed by atoms with van der Waals surface area (Å²) >= 11 is 6.17. The molecule has 0 unspecified atom stereocenters. The van der Waals surface area contributed by atoms with Crippen molar-refractivity contribution >= 4 is 29.3 Å². The second-order valence-corrected chi connectivity index (χ2v) is 11.2. The van der Waals surface area contributed by atoms with Gasteiger partial charge in [-0.2, -0.15) is 5.10 Å². The number of aromatic amines is 1. The van der Waals surface area contributed by atoms with Gasteiger partial charge < -0.3 is 25.4 Å². The Morgan fingerprint density at radius 2 is 2.10 bits per heavy atom. The highest BCUT2D eigenvalue weighted by Gasteiger charge is 2.54. The number of methoxy groups -OCH3 is 1. The number of carboxylic acid groups (broad SMARTS) is 1. The van der Waals surface area contributed by atoms with E-state index in [9.17, 15) is 23.9 Å². The van der Waals surface area contributed by atoms with Crippen LogP contribution >= 0.6 is 11.6 Å². The number of carboxylic acids is 1. The van der Waals surface area contributed by atoms with Crippen LogP contribution in [0, 0.1) is 0 Å². The summed E-state index contributed by atoms with van der Waals surface area (Å²) in [6, 6.07) is 3.00. The fourth-order valence-electron chi connectivity index (χ4n) is 5.32. The summed E-state index contributed by atoms with van der Waals surface area (Å²) in [6.45, 7) is 1.47. The van der Waals surface area contributed by atoms with Crippen LogP contribution in [0.5, 0.6) is 0 Å². The van der Waals surface area contributed by atoms with Gasteiger partial charge in [-0.25, -0.2) is 19.3 Å². The van der Waals surface area contributed by atoms with Crippen molar-refractivity contribution in [3.05, 3.63) is 50.5 Å². The lowest BCUT2D eigenvalue weighted by Gasteiger charge is -2.27. The van der Waals surface area contributed by atoms with Crippen molar-refractivity contribution < 1.29 is 23.8 Å². The predicted octanol–water partition coefficient (Wildman–Crippen LogP) is 2.48. The van der Waals surface area contributed by atoms with Gasteiger partial charge >= 0.3 is 5.97 Å². The first-order valence-electron chi connectivity index (χ1n) is 14.1. The normalized spacial score (nSPS) is 16.9. The number of pyridine rings is 1. The lowest BCUT2D eigenvalue weighted by atomic mass is 9.96. The van der Waals surface area contributed by atoms with Crippen LogP contribution in [0.3, 0.4) is 0 Å². The zero-order valence-corrected chi connectivity index (χ0v) is 24.0. The van der Waals surface area contributed by atoms with Crippen LogP contribution in [-0.4, -0.2) is 89.2 Å². The monoisotopic (exact) mass is 592 g/mol. The van der Waals surface area contributed by atoms with Crippen LogP contribution in [0.1, 0.15) is 55.3 Å². The maximum Gasteiger partial charge on any atom is 0.326 e. The molecule has 0 spiro atoms. The number of nitrogens with zero attached hydrogens (tertiary/aromatic N) is 3. The van der Waals surface area contributed by atoms with Crippen LogP contribution in [0.15, 0.2) is 23.1 Å². The number of unbranched alkanes of at least 4 members (excludes halogenated alkanes) is 1. The fourth-order valence-corrected chi connectivity index (χ4v) is 5.64. The molecule has 3 heterocycles. The largest absolute Gasteiger partial charge is 0.480 e. The molecule has 1 amide bonds. The van der Waals surface area contributed by atoms with Crippen molar-refractivity contribution in [1.29, 1.82) is 0 Å². The molecule has 0 radical (unpaired) electrons. The Labute approximate surface area is 243 Å². The van der Waals surface area contributed by atoms with Crippen molar-refractivity contribution in [2.24, 2.45) is 0 Å². The highest BCUT2D eigenvalue weighted by Crippen LogP contribution is 2.49. The third-order valence-corrected chi connectivity index (χ3v) is 8.17. The second kappa shape index (κ2) is 14.2. The van der Waals surface area contributed by atoms with Gasteiger partial charge in [0.15, 0.2) is 0 Å². The van der Waals surface area contributed by atoms with E-state index in [0.29, 0.717) is 32.5 Å². The number of hydrogen-bond acceptors (Lipinski definition) is 8. The summed E-state index contributed by atoms with van der Waals surface area (Å²) in [4.78, 5) is 44.3. The van der Waals surface area contributed by atoms with Crippen molar-refractivity contribution in [1.82, 2.24) is 25.4 Å². The lowest BCUT2D eigenvalue weighted by Crippen LogP contribution is -2.48. The van der Waals surface area contributed by atoms with Gasteiger partial charge in [-0.05, 0) is 69.5 Å². The number of fused-ring (bicyclic) bond motifs is 1. The van der Waals surface area contributed by atoms with Crippen LogP contribution < -0.4 is 16.2 Å². The zero-order valence-electron chi connectivity index (χ0n) is 23.3. The molecule has 2 aliphatic rings. The number of aromatic nitrogens is 3. The number of rotatable bonds is 16. The van der Waals surface area contributed by atoms with Gasteiger partial charge in [-0.3, -0.25) is 9.59 Å². The molecule has 41 heavy (non-hydrogen) atoms. The smallest absolute Gasteiger partial charge is 0.326 e. The number of halogens is 2. The molecule has 0 saturated heterocycles. The number of amides is 1. The van der Waals surface area contributed by atoms with Crippen molar-refractivity contribution in [3.63, 3.8) is 0 Å². The van der Waals surface area contributed by atoms with Gasteiger partial charge in [0, 0.05) is 32.4 Å². The van der Waals surface area contributed by atoms with Crippen LogP contribution in [0.4, 0.5) is 10.2 Å². The Morgan fingerprint density at radius 1 is 1.29 bits per heavy atom. The average molecular weight is 593 g/mol. The average Bonchev–Trinajstić information content (AvgIpc) is 3.77. The number of ether oxygens (including phenoxy) is 1. The molecule has 13 heteroatoms. The zero-order chi connectivity index (χ0) is 29.4. The number of aryl methyl sites for hydroxylation is 2. The summed E-state index contributed by atoms with van der Waals surface area (Å²) in [6.07, 6.45) is 6.07. The van der Waals surface area contributed by atoms with E-state index in [1.165, 1.54) is 18.9 Å². The number of aliphatic carboxylic acids is 1. The molecule has 2 atom stereocenters. The van der Waals surface area contributed by atoms with Crippen molar-refractivity contribution in [3.8, 4) is 0 Å². The Hall–Kier alpha value is -3.09. The molecule has 1 fully saturated rings. The topological polar surface area (TPSA) is 150 Å². The first-order valence-corrected chi connectivity index (χ1v) is 14.5. The Kier molecular flexibility index (Phi) is 10.7. The summed E-state index contributed by atoms with van der Waals surface area (Å²) in [7, 11) is 1.44. The van der Waals surface area contributed by atoms with Crippen LogP contribution in [0.2, 0.25) is 5.02 Å². The van der Waals surface area contributed by atoms with Crippen LogP contribution in [-0.2, 0) is 32.6 Å². The first kappa shape index (κ1) is 30.9. The number of hydrogen-bond donors (Lipinski definition) is 4. The summed E-state index contributed by atoms with van der Waals surface area (Å²) < 4.78 is 18.7. The van der Waals surface area contributed by atoms with E-state index in [-0.39, 0.29) is 17.0 Å². The molecule has 224 valence electrons. The minimum absolute atomic E-state index is 0.0677. The Bertz CT molecular complexity index is 1270. The van der Waals surface area contributed by atoms with E-state index >= 15 is 0 Å². The fraction of sp³-hybridized carbons (Fsp3) is 0.607. The highest BCUT2D eigenvalue weighted by atomic mass is 35.5. The van der Waals surface area contributed by atoms with E-state index in [1.54, 1.807) is 0 Å². The van der Waals surface area contributed by atoms with E-state index in [1.807, 2.05) is 4.90 Å². The van der Waals surface area contributed by atoms with E-state index in [2.05, 4.69) is 33.0 Å². The Morgan fingerprint density at radius 3 is 2.78 bits per heavy atom. The summed E-state index contributed by atoms with van der Waals surface area (Å²) in [5.41, 5.74) is 0.621. The summed E-state index contributed by atoms with van der Waals surface area (Å²) in [5.74, 6) is -0.780. The minimum Gasteiger partial charge on any atom is -0.480 e. The third kappa shape index (κ3) is 7.81. The number of anilines is 1. The standard InChI is InChI=1S/C28H38ClFN6O5/c1-41-20(15-30)17-36(13-3-2-6-19-8-7-18-5-4-12-31-24(18)33-19)14-9-22(26(38)39)34-27(40)28(10-11-28)23-21(29)16-32-35-25(23)37/h7-8,16,20,22H,2-6,9-15,17H2,1H3,(H,31,33)(H,34,40)(H,35,37)(H,38,39)/t20-,22+/m1/s1. The molecule has 0 bridgehead atoms. The molecule has 2 aromatic heterocycles. The number of H-pyrrole nitrogens is 1. The minimum atomic E-state index is -1.19. The molecule has 1 aliphatic carbocycles. The third-order valence-electron chi connectivity index (χ3n) is 7.89. The molecule has 1 aliphatic heterocycles. The van der Waals surface area contributed by atoms with Crippen molar-refractivity contribution in [2.75, 3.05) is 45.3 Å². The van der Waals surface area contributed by atoms with Gasteiger partial charge in [0.05, 0.1) is 28.3 Å². The predicted molar refractivity (Wildman–Crippen MR) is 152 cm³/mol. The molecule has 11 nitrogen and oxygen atoms in total. The molecule has 2 aromatic rings.